The molecule has 0 aromatic rings. The van der Waals surface area contributed by atoms with Crippen molar-refractivity contribution >= 4 is 46.8 Å². The van der Waals surface area contributed by atoms with Crippen molar-refractivity contribution in [3.63, 3.8) is 0 Å². The van der Waals surface area contributed by atoms with Crippen LogP contribution in [-0.4, -0.2) is 190 Å². The molecule has 1 amide bonds. The minimum Gasteiger partial charge on any atom is -0.480 e. The molecule has 0 aromatic carbocycles. The van der Waals surface area contributed by atoms with Crippen molar-refractivity contribution in [2.75, 3.05) is 105 Å². The fraction of sp³-hybridized carbons (Fsp3) is 0.786. The summed E-state index contributed by atoms with van der Waals surface area (Å²) in [6.45, 7) is 8.88. The Balaban J connectivity index is -0.00000192. The van der Waals surface area contributed by atoms with Gasteiger partial charge in [0.05, 0.1) is 32.4 Å². The molecule has 1 fully saturated rings. The Morgan fingerprint density at radius 3 is 1.62 bits per heavy atom. The number of aldehydes is 1. The molecule has 0 spiro atoms. The minimum atomic E-state index is -3.67. The molecule has 0 radical (unpaired) electrons. The molecule has 0 atom stereocenters. The Bertz CT molecular complexity index is 934. The van der Waals surface area contributed by atoms with E-state index < -0.39 is 22.1 Å². The number of carbonyl (C=O) groups excluding carboxylic acids is 4. The third kappa shape index (κ3) is 35.8. The Hall–Kier alpha value is -2.91. The van der Waals surface area contributed by atoms with Crippen LogP contribution in [0.2, 0.25) is 0 Å². The smallest absolute Gasteiger partial charge is 0.317 e. The zero-order valence-electron chi connectivity index (χ0n) is 28.0. The summed E-state index contributed by atoms with van der Waals surface area (Å²) in [6.07, 6.45) is 5.21. The van der Waals surface area contributed by atoms with Crippen LogP contribution in [0.15, 0.2) is 0 Å². The summed E-state index contributed by atoms with van der Waals surface area (Å²) in [4.78, 5) is 72.9. The van der Waals surface area contributed by atoms with E-state index in [-0.39, 0.29) is 37.9 Å². The van der Waals surface area contributed by atoms with E-state index in [4.69, 9.17) is 14.5 Å². The highest BCUT2D eigenvalue weighted by molar-refractivity contribution is 7.85. The Kier molecular flexibility index (Phi) is 32.7. The van der Waals surface area contributed by atoms with Gasteiger partial charge < -0.3 is 30.2 Å². The summed E-state index contributed by atoms with van der Waals surface area (Å²) in [6, 6.07) is 0. The third-order valence-electron chi connectivity index (χ3n) is 6.45. The Morgan fingerprint density at radius 1 is 0.787 bits per heavy atom. The van der Waals surface area contributed by atoms with Crippen LogP contribution in [0.25, 0.3) is 0 Å². The molecular formula is C28H56N6O12S. The van der Waals surface area contributed by atoms with E-state index in [1.54, 1.807) is 0 Å². The molecule has 6 N–H and O–H groups in total. The van der Waals surface area contributed by atoms with Crippen LogP contribution >= 0.6 is 0 Å². The minimum absolute atomic E-state index is 0.115. The number of amides is 1. The highest BCUT2D eigenvalue weighted by Crippen LogP contribution is 2.02. The number of aliphatic carboxylic acids is 2. The molecule has 1 aliphatic heterocycles. The van der Waals surface area contributed by atoms with E-state index >= 15 is 0 Å². The van der Waals surface area contributed by atoms with Gasteiger partial charge in [-0.1, -0.05) is 13.3 Å². The van der Waals surface area contributed by atoms with Gasteiger partial charge in [0.25, 0.3) is 10.1 Å². The number of aliphatic hydroxyl groups is 1. The van der Waals surface area contributed by atoms with Gasteiger partial charge in [0.15, 0.2) is 0 Å². The largest absolute Gasteiger partial charge is 0.480 e. The first-order valence-electron chi connectivity index (χ1n) is 15.1. The number of carboxylic acid groups (broad SMARTS) is 2. The van der Waals surface area contributed by atoms with E-state index in [9.17, 15) is 42.6 Å². The third-order valence-corrected chi connectivity index (χ3v) is 6.45. The maximum atomic E-state index is 12.2. The van der Waals surface area contributed by atoms with Crippen LogP contribution in [0.3, 0.4) is 0 Å². The van der Waals surface area contributed by atoms with Crippen LogP contribution in [0.1, 0.15) is 39.0 Å². The molecule has 0 saturated carbocycles. The molecule has 0 aromatic heterocycles. The quantitative estimate of drug-likeness (QED) is 0.0530. The van der Waals surface area contributed by atoms with Crippen molar-refractivity contribution in [3.05, 3.63) is 0 Å². The van der Waals surface area contributed by atoms with Crippen LogP contribution in [0.5, 0.6) is 0 Å². The standard InChI is InChI=1S/C25H46N6O7.CH4O3S.CH4O.CH2O/c1-2-22(33)6-4-3-5-7-27-23(34)18-26-21-31-14-12-29(19-24(35)36)10-8-28(16-17-32)9-11-30(13-15-31)20-25(37)38;1-5(2,3)4;2*1-2/h17,26H,2-16,18-21H2,1H3,(H,27,34)(H,35,36)(H,37,38);1H3,(H,2,3,4);2H,1H3;1H2. The van der Waals surface area contributed by atoms with Gasteiger partial charge in [-0.15, -0.1) is 0 Å². The number of Topliss-reactive ketones (excluding diaryl/α,β-unsaturated/α-hetero) is 1. The lowest BCUT2D eigenvalue weighted by atomic mass is 10.1. The molecule has 19 heteroatoms. The normalized spacial score (nSPS) is 15.4. The number of hydrogen-bond donors (Lipinski definition) is 6. The molecule has 0 aliphatic carbocycles. The number of rotatable bonds is 17. The summed E-state index contributed by atoms with van der Waals surface area (Å²) < 4.78 is 25.9. The van der Waals surface area contributed by atoms with E-state index in [0.29, 0.717) is 84.7 Å². The number of nitrogens with zero attached hydrogens (tertiary/aromatic N) is 4. The van der Waals surface area contributed by atoms with Gasteiger partial charge >= 0.3 is 11.9 Å². The summed E-state index contributed by atoms with van der Waals surface area (Å²) in [5.41, 5.74) is 0. The lowest BCUT2D eigenvalue weighted by Crippen LogP contribution is -2.50. The van der Waals surface area contributed by atoms with E-state index in [1.807, 2.05) is 33.3 Å². The summed E-state index contributed by atoms with van der Waals surface area (Å²) in [5, 5.41) is 31.6. The highest BCUT2D eigenvalue weighted by Gasteiger charge is 2.19. The molecule has 1 heterocycles. The van der Waals surface area contributed by atoms with Gasteiger partial charge in [-0.25, -0.2) is 0 Å². The van der Waals surface area contributed by atoms with Gasteiger partial charge in [0.1, 0.15) is 18.9 Å². The maximum absolute atomic E-state index is 12.2. The van der Waals surface area contributed by atoms with Crippen molar-refractivity contribution in [1.82, 2.24) is 30.2 Å². The lowest BCUT2D eigenvalue weighted by molar-refractivity contribution is -0.139. The van der Waals surface area contributed by atoms with Crippen molar-refractivity contribution in [3.8, 4) is 0 Å². The number of carboxylic acids is 2. The zero-order valence-corrected chi connectivity index (χ0v) is 28.8. The Labute approximate surface area is 278 Å². The van der Waals surface area contributed by atoms with Gasteiger partial charge in [-0.05, 0) is 12.8 Å². The number of ketones is 1. The maximum Gasteiger partial charge on any atom is 0.317 e. The van der Waals surface area contributed by atoms with E-state index in [0.717, 1.165) is 32.7 Å². The molecule has 0 bridgehead atoms. The second-order valence-corrected chi connectivity index (χ2v) is 11.8. The average Bonchev–Trinajstić information content (AvgIpc) is 3.00. The monoisotopic (exact) mass is 700 g/mol. The summed E-state index contributed by atoms with van der Waals surface area (Å²) >= 11 is 0. The molecule has 0 unspecified atom stereocenters. The first-order valence-corrected chi connectivity index (χ1v) is 17.0. The zero-order chi connectivity index (χ0) is 36.7. The van der Waals surface area contributed by atoms with Gasteiger partial charge in [0, 0.05) is 85.5 Å². The fourth-order valence-electron chi connectivity index (χ4n) is 4.14. The lowest BCUT2D eigenvalue weighted by Gasteiger charge is -2.33. The molecule has 1 aliphatic rings. The van der Waals surface area contributed by atoms with Crippen molar-refractivity contribution in [2.24, 2.45) is 0 Å². The summed E-state index contributed by atoms with van der Waals surface area (Å²) in [5.74, 6) is -1.72. The number of aliphatic hydroxyl groups excluding tert-OH is 1. The van der Waals surface area contributed by atoms with Gasteiger partial charge in [-0.3, -0.25) is 48.6 Å². The number of hydrogen-bond acceptors (Lipinski definition) is 14. The van der Waals surface area contributed by atoms with E-state index in [2.05, 4.69) is 10.6 Å². The number of unbranched alkanes of at least 4 members (excludes halogenated alkanes) is 2. The second kappa shape index (κ2) is 31.7. The SMILES string of the molecule is C=O.CCC(=O)CCCCCNC(=O)CNCN1CCN(CC(=O)O)CCN(CC=O)CCN(CC(=O)O)CC1.CO.CS(=O)(=O)O. The van der Waals surface area contributed by atoms with Gasteiger partial charge in [0.2, 0.25) is 5.91 Å². The van der Waals surface area contributed by atoms with Crippen molar-refractivity contribution in [1.29, 1.82) is 0 Å². The molecule has 47 heavy (non-hydrogen) atoms. The predicted octanol–water partition coefficient (Wildman–Crippen LogP) is -2.29. The Morgan fingerprint density at radius 2 is 1.21 bits per heavy atom. The molecule has 1 rings (SSSR count). The first kappa shape index (κ1) is 48.5. The number of nitrogens with one attached hydrogen (secondary N) is 2. The van der Waals surface area contributed by atoms with Crippen LogP contribution in [0.4, 0.5) is 0 Å². The van der Waals surface area contributed by atoms with E-state index in [1.165, 1.54) is 0 Å². The van der Waals surface area contributed by atoms with Gasteiger partial charge in [-0.2, -0.15) is 8.42 Å². The molecule has 1 saturated heterocycles. The number of carbonyl (C=O) groups is 6. The van der Waals surface area contributed by atoms with Crippen LogP contribution in [-0.2, 0) is 38.9 Å². The van der Waals surface area contributed by atoms with Crippen LogP contribution in [0, 0.1) is 0 Å². The molecule has 18 nitrogen and oxygen atoms in total. The fourth-order valence-corrected chi connectivity index (χ4v) is 4.14. The molecule has 276 valence electrons. The van der Waals surface area contributed by atoms with Crippen molar-refractivity contribution < 1.29 is 57.1 Å². The topological polar surface area (TPSA) is 254 Å². The average molecular weight is 701 g/mol. The predicted molar refractivity (Wildman–Crippen MR) is 175 cm³/mol. The summed E-state index contributed by atoms with van der Waals surface area (Å²) in [7, 11) is -2.67. The van der Waals surface area contributed by atoms with Crippen molar-refractivity contribution in [2.45, 2.75) is 39.0 Å². The van der Waals surface area contributed by atoms with Crippen LogP contribution < -0.4 is 10.6 Å². The highest BCUT2D eigenvalue weighted by atomic mass is 32.2. The molecular weight excluding hydrogens is 644 g/mol. The second-order valence-electron chi connectivity index (χ2n) is 10.3. The first-order chi connectivity index (χ1) is 22.2.